The Bertz CT molecular complexity index is 409. The van der Waals surface area contributed by atoms with Gasteiger partial charge in [-0.2, -0.15) is 13.2 Å². The smallest absolute Gasteiger partial charge is 0.294 e. The van der Waals surface area contributed by atoms with Crippen LogP contribution in [-0.2, 0) is 6.18 Å². The van der Waals surface area contributed by atoms with Gasteiger partial charge in [-0.05, 0) is 24.6 Å². The second kappa shape index (κ2) is 5.29. The summed E-state index contributed by atoms with van der Waals surface area (Å²) in [6, 6.07) is 2.13. The van der Waals surface area contributed by atoms with Gasteiger partial charge in [-0.15, -0.1) is 0 Å². The van der Waals surface area contributed by atoms with Crippen molar-refractivity contribution >= 4 is 5.78 Å². The third-order valence-corrected chi connectivity index (χ3v) is 2.34. The molecule has 0 amide bonds. The third kappa shape index (κ3) is 3.54. The van der Waals surface area contributed by atoms with Gasteiger partial charge < -0.3 is 0 Å². The van der Waals surface area contributed by atoms with Crippen molar-refractivity contribution in [2.45, 2.75) is 32.4 Å². The number of hydrogen-bond donors (Lipinski definition) is 0. The maximum absolute atomic E-state index is 12.8. The molecule has 0 saturated carbocycles. The number of halogens is 4. The molecule has 0 fully saturated rings. The molecule has 0 spiro atoms. The van der Waals surface area contributed by atoms with Gasteiger partial charge in [-0.3, -0.25) is 4.79 Å². The predicted molar refractivity (Wildman–Crippen MR) is 55.3 cm³/mol. The molecule has 0 aromatic heterocycles. The van der Waals surface area contributed by atoms with Crippen LogP contribution in [0.15, 0.2) is 18.2 Å². The summed E-state index contributed by atoms with van der Waals surface area (Å²) < 4.78 is 50.6. The molecule has 0 aliphatic carbocycles. The summed E-state index contributed by atoms with van der Waals surface area (Å²) in [4.78, 5) is 11.6. The number of ketones is 1. The zero-order chi connectivity index (χ0) is 13.1. The summed E-state index contributed by atoms with van der Waals surface area (Å²) >= 11 is 0. The molecule has 0 radical (unpaired) electrons. The van der Waals surface area contributed by atoms with Gasteiger partial charge in [0.05, 0.1) is 5.56 Å². The summed E-state index contributed by atoms with van der Waals surface area (Å²) in [5.41, 5.74) is -1.65. The van der Waals surface area contributed by atoms with Crippen LogP contribution in [0.4, 0.5) is 17.6 Å². The average Bonchev–Trinajstić information content (AvgIpc) is 2.24. The summed E-state index contributed by atoms with van der Waals surface area (Å²) in [5, 5.41) is 0. The lowest BCUT2D eigenvalue weighted by atomic mass is 9.99. The Hall–Kier alpha value is -1.39. The Labute approximate surface area is 96.4 Å². The van der Waals surface area contributed by atoms with Crippen molar-refractivity contribution in [3.63, 3.8) is 0 Å². The van der Waals surface area contributed by atoms with Gasteiger partial charge in [0.15, 0.2) is 5.78 Å². The highest BCUT2D eigenvalue weighted by Gasteiger charge is 2.35. The van der Waals surface area contributed by atoms with Crippen LogP contribution in [0.1, 0.15) is 42.1 Å². The van der Waals surface area contributed by atoms with E-state index < -0.39 is 28.9 Å². The molecule has 0 N–H and O–H groups in total. The summed E-state index contributed by atoms with van der Waals surface area (Å²) in [7, 11) is 0. The minimum absolute atomic E-state index is 0.0468. The standard InChI is InChI=1S/C12H12F4O/c1-2-3-4-11(17)9-6-5-8(13)7-10(9)12(14,15)16/h5-7H,2-4H2,1H3. The van der Waals surface area contributed by atoms with E-state index >= 15 is 0 Å². The van der Waals surface area contributed by atoms with Crippen LogP contribution < -0.4 is 0 Å². The van der Waals surface area contributed by atoms with Crippen LogP contribution in [0.25, 0.3) is 0 Å². The fourth-order valence-corrected chi connectivity index (χ4v) is 1.47. The third-order valence-electron chi connectivity index (χ3n) is 2.34. The number of Topliss-reactive ketones (excluding diaryl/α,β-unsaturated/α-hetero) is 1. The highest BCUT2D eigenvalue weighted by molar-refractivity contribution is 5.97. The van der Waals surface area contributed by atoms with Gasteiger partial charge in [0.1, 0.15) is 5.82 Å². The van der Waals surface area contributed by atoms with Crippen molar-refractivity contribution in [2.24, 2.45) is 0 Å². The lowest BCUT2D eigenvalue weighted by Gasteiger charge is -2.11. The summed E-state index contributed by atoms with van der Waals surface area (Å²) in [6.45, 7) is 1.84. The highest BCUT2D eigenvalue weighted by Crippen LogP contribution is 2.33. The van der Waals surface area contributed by atoms with Crippen LogP contribution in [0.3, 0.4) is 0 Å². The van der Waals surface area contributed by atoms with E-state index in [2.05, 4.69) is 0 Å². The highest BCUT2D eigenvalue weighted by atomic mass is 19.4. The van der Waals surface area contributed by atoms with Gasteiger partial charge >= 0.3 is 6.18 Å². The fraction of sp³-hybridized carbons (Fsp3) is 0.417. The number of hydrogen-bond acceptors (Lipinski definition) is 1. The molecule has 0 bridgehead atoms. The van der Waals surface area contributed by atoms with Crippen molar-refractivity contribution in [1.29, 1.82) is 0 Å². The largest absolute Gasteiger partial charge is 0.417 e. The molecule has 0 atom stereocenters. The molecule has 0 heterocycles. The summed E-state index contributed by atoms with van der Waals surface area (Å²) in [5.74, 6) is -1.59. The van der Waals surface area contributed by atoms with Crippen LogP contribution in [-0.4, -0.2) is 5.78 Å². The molecule has 94 valence electrons. The lowest BCUT2D eigenvalue weighted by molar-refractivity contribution is -0.138. The van der Waals surface area contributed by atoms with E-state index in [0.29, 0.717) is 18.9 Å². The topological polar surface area (TPSA) is 17.1 Å². The monoisotopic (exact) mass is 248 g/mol. The Morgan fingerprint density at radius 3 is 2.47 bits per heavy atom. The van der Waals surface area contributed by atoms with E-state index in [1.807, 2.05) is 6.92 Å². The first-order valence-electron chi connectivity index (χ1n) is 5.26. The van der Waals surface area contributed by atoms with E-state index in [0.717, 1.165) is 12.1 Å². The number of alkyl halides is 3. The van der Waals surface area contributed by atoms with Crippen molar-refractivity contribution < 1.29 is 22.4 Å². The average molecular weight is 248 g/mol. The maximum Gasteiger partial charge on any atom is 0.417 e. The Morgan fingerprint density at radius 2 is 1.94 bits per heavy atom. The number of benzene rings is 1. The molecule has 1 nitrogen and oxygen atoms in total. The minimum atomic E-state index is -4.71. The normalized spacial score (nSPS) is 11.6. The first-order chi connectivity index (χ1) is 7.86. The molecule has 1 aromatic carbocycles. The number of carbonyl (C=O) groups is 1. The molecular weight excluding hydrogens is 236 g/mol. The van der Waals surface area contributed by atoms with Gasteiger partial charge in [0.2, 0.25) is 0 Å². The molecule has 5 heteroatoms. The quantitative estimate of drug-likeness (QED) is 0.576. The number of rotatable bonds is 4. The van der Waals surface area contributed by atoms with E-state index in [9.17, 15) is 22.4 Å². The predicted octanol–water partition coefficient (Wildman–Crippen LogP) is 4.22. The van der Waals surface area contributed by atoms with E-state index in [-0.39, 0.29) is 6.42 Å². The zero-order valence-electron chi connectivity index (χ0n) is 9.27. The molecule has 1 aromatic rings. The van der Waals surface area contributed by atoms with Gasteiger partial charge in [-0.1, -0.05) is 13.3 Å². The molecular formula is C12H12F4O. The van der Waals surface area contributed by atoms with Crippen molar-refractivity contribution in [3.05, 3.63) is 35.1 Å². The number of unbranched alkanes of at least 4 members (excludes halogenated alkanes) is 1. The molecule has 0 saturated heterocycles. The minimum Gasteiger partial charge on any atom is -0.294 e. The second-order valence-electron chi connectivity index (χ2n) is 3.71. The van der Waals surface area contributed by atoms with E-state index in [1.165, 1.54) is 0 Å². The fourth-order valence-electron chi connectivity index (χ4n) is 1.47. The van der Waals surface area contributed by atoms with Crippen LogP contribution in [0, 0.1) is 5.82 Å². The van der Waals surface area contributed by atoms with E-state index in [4.69, 9.17) is 0 Å². The van der Waals surface area contributed by atoms with Gasteiger partial charge in [-0.25, -0.2) is 4.39 Å². The zero-order valence-corrected chi connectivity index (χ0v) is 9.27. The molecule has 17 heavy (non-hydrogen) atoms. The SMILES string of the molecule is CCCCC(=O)c1ccc(F)cc1C(F)(F)F. The van der Waals surface area contributed by atoms with Crippen molar-refractivity contribution in [3.8, 4) is 0 Å². The Balaban J connectivity index is 3.11. The first-order valence-corrected chi connectivity index (χ1v) is 5.26. The Kier molecular flexibility index (Phi) is 4.26. The lowest BCUT2D eigenvalue weighted by Crippen LogP contribution is -2.13. The summed E-state index contributed by atoms with van der Waals surface area (Å²) in [6.07, 6.45) is -3.42. The molecule has 0 aliphatic heterocycles. The van der Waals surface area contributed by atoms with Crippen molar-refractivity contribution in [1.82, 2.24) is 0 Å². The molecule has 0 aliphatic rings. The van der Waals surface area contributed by atoms with Crippen molar-refractivity contribution in [2.75, 3.05) is 0 Å². The van der Waals surface area contributed by atoms with Gasteiger partial charge in [0, 0.05) is 12.0 Å². The maximum atomic E-state index is 12.8. The van der Waals surface area contributed by atoms with Gasteiger partial charge in [0.25, 0.3) is 0 Å². The second-order valence-corrected chi connectivity index (χ2v) is 3.71. The number of carbonyl (C=O) groups excluding carboxylic acids is 1. The van der Waals surface area contributed by atoms with Crippen LogP contribution in [0.2, 0.25) is 0 Å². The van der Waals surface area contributed by atoms with Crippen LogP contribution >= 0.6 is 0 Å². The first kappa shape index (κ1) is 13.7. The van der Waals surface area contributed by atoms with Crippen LogP contribution in [0.5, 0.6) is 0 Å². The van der Waals surface area contributed by atoms with E-state index in [1.54, 1.807) is 0 Å². The molecule has 0 unspecified atom stereocenters. The Morgan fingerprint density at radius 1 is 1.29 bits per heavy atom. The molecule has 1 rings (SSSR count).